The van der Waals surface area contributed by atoms with Gasteiger partial charge in [0.15, 0.2) is 18.0 Å². The molecule has 7 atom stereocenters. The number of Topliss-reactive ketones (excluding diaryl/α,β-unsaturated/α-hetero) is 1. The molecule has 0 unspecified atom stereocenters. The van der Waals surface area contributed by atoms with E-state index in [2.05, 4.69) is 0 Å². The van der Waals surface area contributed by atoms with Crippen LogP contribution in [0.25, 0.3) is 0 Å². The number of ketones is 2. The quantitative estimate of drug-likeness (QED) is 0.439. The average molecular weight is 521 g/mol. The number of carbonyl (C=O) groups excluding carboxylic acids is 4. The molecule has 36 heavy (non-hydrogen) atoms. The van der Waals surface area contributed by atoms with Crippen LogP contribution >= 0.6 is 11.6 Å². The van der Waals surface area contributed by atoms with Gasteiger partial charge in [-0.15, -0.1) is 11.6 Å². The van der Waals surface area contributed by atoms with Crippen molar-refractivity contribution in [3.8, 4) is 0 Å². The van der Waals surface area contributed by atoms with Crippen LogP contribution in [0.2, 0.25) is 0 Å². The molecule has 1 N–H and O–H groups in total. The molecule has 8 heteroatoms. The lowest BCUT2D eigenvalue weighted by Crippen LogP contribution is -2.69. The number of carbonyl (C=O) groups is 4. The fourth-order valence-electron chi connectivity index (χ4n) is 7.48. The van der Waals surface area contributed by atoms with E-state index >= 15 is 0 Å². The van der Waals surface area contributed by atoms with Crippen molar-refractivity contribution in [3.05, 3.63) is 23.8 Å². The van der Waals surface area contributed by atoms with Crippen molar-refractivity contribution in [1.82, 2.24) is 0 Å². The van der Waals surface area contributed by atoms with E-state index in [-0.39, 0.29) is 30.5 Å². The predicted molar refractivity (Wildman–Crippen MR) is 133 cm³/mol. The molecule has 0 radical (unpaired) electrons. The Labute approximate surface area is 217 Å². The first-order valence-corrected chi connectivity index (χ1v) is 13.1. The van der Waals surface area contributed by atoms with E-state index in [1.165, 1.54) is 13.0 Å². The highest BCUT2D eigenvalue weighted by molar-refractivity contribution is 6.26. The first kappa shape index (κ1) is 27.1. The first-order chi connectivity index (χ1) is 16.5. The van der Waals surface area contributed by atoms with E-state index in [0.717, 1.165) is 5.57 Å². The number of esters is 2. The van der Waals surface area contributed by atoms with Gasteiger partial charge in [0.1, 0.15) is 0 Å². The summed E-state index contributed by atoms with van der Waals surface area (Å²) in [6.07, 6.45) is 6.20. The Kier molecular flexibility index (Phi) is 6.40. The number of allylic oxidation sites excluding steroid dienone is 4. The molecule has 3 fully saturated rings. The second-order valence-electron chi connectivity index (χ2n) is 12.5. The molecule has 0 spiro atoms. The maximum absolute atomic E-state index is 13.7. The summed E-state index contributed by atoms with van der Waals surface area (Å²) < 4.78 is 11.2. The minimum atomic E-state index is -1.55. The van der Waals surface area contributed by atoms with Crippen molar-refractivity contribution in [1.29, 1.82) is 0 Å². The molecule has 7 nitrogen and oxygen atoms in total. The van der Waals surface area contributed by atoms with Crippen LogP contribution in [0.4, 0.5) is 0 Å². The van der Waals surface area contributed by atoms with E-state index in [1.807, 2.05) is 19.9 Å². The van der Waals surface area contributed by atoms with Crippen LogP contribution < -0.4 is 0 Å². The van der Waals surface area contributed by atoms with E-state index in [0.29, 0.717) is 19.3 Å². The number of alkyl halides is 1. The summed E-state index contributed by atoms with van der Waals surface area (Å²) >= 11 is 7.46. The Morgan fingerprint density at radius 2 is 1.83 bits per heavy atom. The molecule has 0 heterocycles. The van der Waals surface area contributed by atoms with Crippen molar-refractivity contribution in [3.63, 3.8) is 0 Å². The normalized spacial score (nSPS) is 41.5. The maximum Gasteiger partial charge on any atom is 0.312 e. The number of ether oxygens (including phenoxy) is 2. The van der Waals surface area contributed by atoms with Gasteiger partial charge >= 0.3 is 11.9 Å². The van der Waals surface area contributed by atoms with Gasteiger partial charge in [0, 0.05) is 17.8 Å². The Bertz CT molecular complexity index is 1070. The zero-order valence-corrected chi connectivity index (χ0v) is 22.7. The van der Waals surface area contributed by atoms with Crippen LogP contribution in [0.15, 0.2) is 23.8 Å². The molecule has 4 rings (SSSR count). The van der Waals surface area contributed by atoms with Gasteiger partial charge in [-0.25, -0.2) is 0 Å². The van der Waals surface area contributed by atoms with E-state index < -0.39 is 57.2 Å². The van der Waals surface area contributed by atoms with Crippen molar-refractivity contribution in [2.45, 2.75) is 90.2 Å². The first-order valence-electron chi connectivity index (χ1n) is 12.7. The Hall–Kier alpha value is -1.99. The number of hydrogen-bond donors (Lipinski definition) is 1. The summed E-state index contributed by atoms with van der Waals surface area (Å²) in [7, 11) is 0. The van der Waals surface area contributed by atoms with Crippen LogP contribution in [0.1, 0.15) is 73.6 Å². The summed E-state index contributed by atoms with van der Waals surface area (Å²) in [5, 5.41) is 11.8. The average Bonchev–Trinajstić information content (AvgIpc) is 3.05. The lowest BCUT2D eigenvalue weighted by molar-refractivity contribution is -0.203. The Morgan fingerprint density at radius 3 is 2.44 bits per heavy atom. The molecule has 198 valence electrons. The van der Waals surface area contributed by atoms with Gasteiger partial charge in [0.25, 0.3) is 0 Å². The number of aliphatic hydroxyl groups is 1. The third kappa shape index (κ3) is 3.64. The molecule has 4 aliphatic rings. The molecule has 4 aliphatic carbocycles. The van der Waals surface area contributed by atoms with Crippen molar-refractivity contribution < 1.29 is 33.8 Å². The topological polar surface area (TPSA) is 107 Å². The molecular weight excluding hydrogens is 484 g/mol. The van der Waals surface area contributed by atoms with Crippen LogP contribution in [0.5, 0.6) is 0 Å². The van der Waals surface area contributed by atoms with E-state index in [9.17, 15) is 24.3 Å². The molecule has 0 amide bonds. The minimum absolute atomic E-state index is 0.0821. The van der Waals surface area contributed by atoms with Crippen LogP contribution in [0, 0.1) is 28.1 Å². The molecule has 3 saturated carbocycles. The fourth-order valence-corrected chi connectivity index (χ4v) is 8.00. The standard InChI is InChI=1S/C28H37ClO7/c1-16(30)35-15-22(33)27(36-23(34)24(2,3)4)12-10-19-20-8-7-17-13-18(31)9-11-25(17,5)28(20,29)21(32)14-26(19,27)6/h9,11,13,19-21,32H,7-8,10,12,14-15H2,1-6H3/t19-,20-,21-,25-,26-,27-,28-/m0/s1. The second-order valence-corrected chi connectivity index (χ2v) is 13.1. The summed E-state index contributed by atoms with van der Waals surface area (Å²) in [4.78, 5) is 49.4. The van der Waals surface area contributed by atoms with Crippen molar-refractivity contribution in [2.75, 3.05) is 6.61 Å². The van der Waals surface area contributed by atoms with Gasteiger partial charge in [-0.1, -0.05) is 25.5 Å². The van der Waals surface area contributed by atoms with Gasteiger partial charge in [-0.3, -0.25) is 19.2 Å². The summed E-state index contributed by atoms with van der Waals surface area (Å²) in [5.74, 6) is -1.99. The Balaban J connectivity index is 1.79. The van der Waals surface area contributed by atoms with Gasteiger partial charge in [-0.05, 0) is 76.9 Å². The molecular formula is C28H37ClO7. The third-order valence-corrected chi connectivity index (χ3v) is 10.4. The largest absolute Gasteiger partial charge is 0.458 e. The predicted octanol–water partition coefficient (Wildman–Crippen LogP) is 4.09. The summed E-state index contributed by atoms with van der Waals surface area (Å²) in [5.41, 5.74) is -3.13. The van der Waals surface area contributed by atoms with Crippen LogP contribution in [-0.4, -0.2) is 51.8 Å². The highest BCUT2D eigenvalue weighted by Gasteiger charge is 2.74. The monoisotopic (exact) mass is 520 g/mol. The van der Waals surface area contributed by atoms with Crippen LogP contribution in [-0.2, 0) is 28.7 Å². The number of halogens is 1. The second kappa shape index (κ2) is 8.52. The van der Waals surface area contributed by atoms with Gasteiger partial charge in [-0.2, -0.15) is 0 Å². The summed E-state index contributed by atoms with van der Waals surface area (Å²) in [6, 6.07) is 0. The van der Waals surface area contributed by atoms with Gasteiger partial charge in [0.2, 0.25) is 5.78 Å². The maximum atomic E-state index is 13.7. The number of aliphatic hydroxyl groups excluding tert-OH is 1. The molecule has 0 aromatic rings. The van der Waals surface area contributed by atoms with Crippen molar-refractivity contribution >= 4 is 35.1 Å². The van der Waals surface area contributed by atoms with E-state index in [4.69, 9.17) is 21.1 Å². The highest BCUT2D eigenvalue weighted by Crippen LogP contribution is 2.71. The molecule has 0 aliphatic heterocycles. The third-order valence-electron chi connectivity index (χ3n) is 9.50. The SMILES string of the molecule is CC(=O)OCC(=O)[C@@]1(OC(=O)C(C)(C)C)CC[C@H]2[C@@H]3CCC4=CC(=O)C=C[C@]4(C)[C@@]3(Cl)[C@@H](O)C[C@@]21C. The molecule has 0 saturated heterocycles. The molecule has 0 bridgehead atoms. The lowest BCUT2D eigenvalue weighted by atomic mass is 9.45. The highest BCUT2D eigenvalue weighted by atomic mass is 35.5. The van der Waals surface area contributed by atoms with Crippen molar-refractivity contribution in [2.24, 2.45) is 28.1 Å². The zero-order valence-electron chi connectivity index (χ0n) is 22.0. The van der Waals surface area contributed by atoms with Gasteiger partial charge in [0.05, 0.1) is 16.4 Å². The van der Waals surface area contributed by atoms with E-state index in [1.54, 1.807) is 26.8 Å². The minimum Gasteiger partial charge on any atom is -0.458 e. The number of fused-ring (bicyclic) bond motifs is 5. The number of rotatable bonds is 4. The Morgan fingerprint density at radius 1 is 1.17 bits per heavy atom. The molecule has 0 aromatic carbocycles. The lowest BCUT2D eigenvalue weighted by Gasteiger charge is -2.64. The smallest absolute Gasteiger partial charge is 0.312 e. The fraction of sp³-hybridized carbons (Fsp3) is 0.714. The van der Waals surface area contributed by atoms with Gasteiger partial charge < -0.3 is 14.6 Å². The summed E-state index contributed by atoms with van der Waals surface area (Å²) in [6.45, 7) is 9.77. The van der Waals surface area contributed by atoms with Crippen LogP contribution in [0.3, 0.4) is 0 Å². The number of hydrogen-bond acceptors (Lipinski definition) is 7. The zero-order chi connectivity index (χ0) is 26.9. The molecule has 0 aromatic heterocycles.